The summed E-state index contributed by atoms with van der Waals surface area (Å²) >= 11 is 0. The van der Waals surface area contributed by atoms with Gasteiger partial charge in [-0.2, -0.15) is 0 Å². The van der Waals surface area contributed by atoms with Crippen molar-refractivity contribution in [3.63, 3.8) is 0 Å². The lowest BCUT2D eigenvalue weighted by molar-refractivity contribution is 0.0765. The molecule has 1 aromatic carbocycles. The van der Waals surface area contributed by atoms with Gasteiger partial charge in [0.2, 0.25) is 0 Å². The number of ether oxygens (including phenoxy) is 1. The number of rotatable bonds is 3. The maximum atomic E-state index is 12.3. The summed E-state index contributed by atoms with van der Waals surface area (Å²) in [5, 5.41) is 9.44. The van der Waals surface area contributed by atoms with E-state index in [2.05, 4.69) is 0 Å². The smallest absolute Gasteiger partial charge is 0.256 e. The molecule has 3 N–H and O–H groups in total. The van der Waals surface area contributed by atoms with E-state index in [0.29, 0.717) is 30.9 Å². The Balaban J connectivity index is 2.11. The van der Waals surface area contributed by atoms with E-state index in [1.807, 2.05) is 6.08 Å². The van der Waals surface area contributed by atoms with Gasteiger partial charge in [-0.05, 0) is 30.2 Å². The van der Waals surface area contributed by atoms with Gasteiger partial charge in [0.25, 0.3) is 5.91 Å². The van der Waals surface area contributed by atoms with Crippen molar-refractivity contribution in [2.24, 2.45) is 0 Å². The van der Waals surface area contributed by atoms with Gasteiger partial charge in [-0.3, -0.25) is 4.79 Å². The van der Waals surface area contributed by atoms with Crippen molar-refractivity contribution in [3.8, 4) is 5.75 Å². The summed E-state index contributed by atoms with van der Waals surface area (Å²) in [7, 11) is 1.66. The number of phenolic OH excluding ortho intramolecular Hbond substituents is 1. The third kappa shape index (κ3) is 3.06. The van der Waals surface area contributed by atoms with Crippen molar-refractivity contribution >= 4 is 11.6 Å². The largest absolute Gasteiger partial charge is 0.508 e. The molecule has 0 aliphatic carbocycles. The number of carbonyl (C=O) groups is 1. The molecule has 1 amide bonds. The van der Waals surface area contributed by atoms with Crippen LogP contribution in [0.25, 0.3) is 0 Å². The first-order valence-electron chi connectivity index (χ1n) is 6.16. The van der Waals surface area contributed by atoms with E-state index < -0.39 is 0 Å². The number of anilines is 1. The van der Waals surface area contributed by atoms with Crippen molar-refractivity contribution < 1.29 is 14.6 Å². The molecule has 0 saturated carbocycles. The molecule has 5 heteroatoms. The average Bonchev–Trinajstić information content (AvgIpc) is 2.42. The molecule has 0 spiro atoms. The minimum atomic E-state index is -0.152. The quantitative estimate of drug-likeness (QED) is 0.490. The number of benzene rings is 1. The molecule has 0 radical (unpaired) electrons. The van der Waals surface area contributed by atoms with E-state index in [4.69, 9.17) is 10.5 Å². The van der Waals surface area contributed by atoms with Gasteiger partial charge in [-0.25, -0.2) is 0 Å². The van der Waals surface area contributed by atoms with Crippen LogP contribution >= 0.6 is 0 Å². The predicted octanol–water partition coefficient (Wildman–Crippen LogP) is 1.39. The lowest BCUT2D eigenvalue weighted by Crippen LogP contribution is -2.35. The fourth-order valence-corrected chi connectivity index (χ4v) is 2.11. The molecule has 1 aliphatic rings. The minimum Gasteiger partial charge on any atom is -0.508 e. The Morgan fingerprint density at radius 3 is 2.95 bits per heavy atom. The summed E-state index contributed by atoms with van der Waals surface area (Å²) in [6.07, 6.45) is 2.81. The first kappa shape index (κ1) is 13.4. The van der Waals surface area contributed by atoms with Gasteiger partial charge in [-0.15, -0.1) is 0 Å². The lowest BCUT2D eigenvalue weighted by atomic mass is 10.1. The van der Waals surface area contributed by atoms with Crippen LogP contribution in [0.2, 0.25) is 0 Å². The van der Waals surface area contributed by atoms with E-state index in [0.717, 1.165) is 6.42 Å². The van der Waals surface area contributed by atoms with Crippen LogP contribution in [-0.4, -0.2) is 42.7 Å². The standard InChI is InChI=1S/C14H18N2O3/c1-19-9-10-4-6-16(7-5-10)14(18)12-8-11(17)2-3-13(12)15/h2-4,8,17H,5-7,9,15H2,1H3. The van der Waals surface area contributed by atoms with E-state index in [1.54, 1.807) is 18.1 Å². The number of aromatic hydroxyl groups is 1. The Morgan fingerprint density at radius 1 is 1.53 bits per heavy atom. The Kier molecular flexibility index (Phi) is 4.06. The molecule has 19 heavy (non-hydrogen) atoms. The SMILES string of the molecule is COCC1=CCN(C(=O)c2cc(O)ccc2N)CC1. The highest BCUT2D eigenvalue weighted by molar-refractivity contribution is 5.99. The molecular formula is C14H18N2O3. The van der Waals surface area contributed by atoms with Crippen LogP contribution in [0, 0.1) is 0 Å². The van der Waals surface area contributed by atoms with Gasteiger partial charge in [0.1, 0.15) is 5.75 Å². The number of carbonyl (C=O) groups excluding carboxylic acids is 1. The number of methoxy groups -OCH3 is 1. The van der Waals surface area contributed by atoms with Crippen molar-refractivity contribution in [3.05, 3.63) is 35.4 Å². The minimum absolute atomic E-state index is 0.0465. The summed E-state index contributed by atoms with van der Waals surface area (Å²) in [5.74, 6) is -0.105. The second-order valence-corrected chi connectivity index (χ2v) is 4.57. The number of nitrogens with two attached hydrogens (primary N) is 1. The first-order chi connectivity index (χ1) is 9.11. The van der Waals surface area contributed by atoms with Gasteiger partial charge in [0.05, 0.1) is 12.2 Å². The van der Waals surface area contributed by atoms with Crippen LogP contribution in [0.4, 0.5) is 5.69 Å². The molecule has 0 atom stereocenters. The van der Waals surface area contributed by atoms with E-state index >= 15 is 0 Å². The van der Waals surface area contributed by atoms with Crippen LogP contribution in [0.1, 0.15) is 16.8 Å². The molecule has 5 nitrogen and oxygen atoms in total. The van der Waals surface area contributed by atoms with Crippen LogP contribution in [0.3, 0.4) is 0 Å². The van der Waals surface area contributed by atoms with E-state index in [1.165, 1.54) is 17.7 Å². The zero-order valence-corrected chi connectivity index (χ0v) is 10.9. The molecule has 1 aliphatic heterocycles. The molecule has 0 fully saturated rings. The highest BCUT2D eigenvalue weighted by atomic mass is 16.5. The number of nitrogen functional groups attached to an aromatic ring is 1. The van der Waals surface area contributed by atoms with Gasteiger partial charge in [0.15, 0.2) is 0 Å². The highest BCUT2D eigenvalue weighted by Gasteiger charge is 2.20. The molecule has 1 heterocycles. The summed E-state index contributed by atoms with van der Waals surface area (Å²) in [5.41, 5.74) is 7.72. The Hall–Kier alpha value is -2.01. The fourth-order valence-electron chi connectivity index (χ4n) is 2.11. The van der Waals surface area contributed by atoms with Crippen molar-refractivity contribution in [2.45, 2.75) is 6.42 Å². The normalized spacial score (nSPS) is 15.2. The average molecular weight is 262 g/mol. The van der Waals surface area contributed by atoms with Crippen LogP contribution < -0.4 is 5.73 Å². The molecule has 2 rings (SSSR count). The zero-order chi connectivity index (χ0) is 13.8. The topological polar surface area (TPSA) is 75.8 Å². The van der Waals surface area contributed by atoms with Crippen LogP contribution in [0.15, 0.2) is 29.8 Å². The number of phenols is 1. The highest BCUT2D eigenvalue weighted by Crippen LogP contribution is 2.22. The van der Waals surface area contributed by atoms with Gasteiger partial charge < -0.3 is 20.5 Å². The second kappa shape index (κ2) is 5.75. The third-order valence-corrected chi connectivity index (χ3v) is 3.19. The van der Waals surface area contributed by atoms with E-state index in [-0.39, 0.29) is 11.7 Å². The van der Waals surface area contributed by atoms with Crippen molar-refractivity contribution in [2.75, 3.05) is 32.5 Å². The van der Waals surface area contributed by atoms with Crippen LogP contribution in [0.5, 0.6) is 5.75 Å². The maximum Gasteiger partial charge on any atom is 0.256 e. The second-order valence-electron chi connectivity index (χ2n) is 4.57. The van der Waals surface area contributed by atoms with Crippen LogP contribution in [-0.2, 0) is 4.74 Å². The van der Waals surface area contributed by atoms with Gasteiger partial charge >= 0.3 is 0 Å². The summed E-state index contributed by atoms with van der Waals surface area (Å²) in [4.78, 5) is 14.0. The molecule has 0 bridgehead atoms. The van der Waals surface area contributed by atoms with Gasteiger partial charge in [-0.1, -0.05) is 6.08 Å². The molecule has 0 saturated heterocycles. The number of amides is 1. The summed E-state index contributed by atoms with van der Waals surface area (Å²) in [6.45, 7) is 1.80. The number of hydrogen-bond acceptors (Lipinski definition) is 4. The monoisotopic (exact) mass is 262 g/mol. The Morgan fingerprint density at radius 2 is 2.32 bits per heavy atom. The summed E-state index contributed by atoms with van der Waals surface area (Å²) in [6, 6.07) is 4.42. The lowest BCUT2D eigenvalue weighted by Gasteiger charge is -2.26. The van der Waals surface area contributed by atoms with Crippen molar-refractivity contribution in [1.29, 1.82) is 0 Å². The molecule has 1 aromatic rings. The third-order valence-electron chi connectivity index (χ3n) is 3.19. The molecular weight excluding hydrogens is 244 g/mol. The molecule has 0 aromatic heterocycles. The Labute approximate surface area is 112 Å². The number of nitrogens with zero attached hydrogens (tertiary/aromatic N) is 1. The Bertz CT molecular complexity index is 511. The zero-order valence-electron chi connectivity index (χ0n) is 10.9. The fraction of sp³-hybridized carbons (Fsp3) is 0.357. The summed E-state index contributed by atoms with van der Waals surface area (Å²) < 4.78 is 5.07. The maximum absolute atomic E-state index is 12.3. The molecule has 0 unspecified atom stereocenters. The molecule has 102 valence electrons. The van der Waals surface area contributed by atoms with Crippen molar-refractivity contribution in [1.82, 2.24) is 4.90 Å². The predicted molar refractivity (Wildman–Crippen MR) is 73.0 cm³/mol. The number of hydrogen-bond donors (Lipinski definition) is 2. The van der Waals surface area contributed by atoms with E-state index in [9.17, 15) is 9.90 Å². The van der Waals surface area contributed by atoms with Gasteiger partial charge in [0, 0.05) is 25.9 Å². The first-order valence-corrected chi connectivity index (χ1v) is 6.16.